The van der Waals surface area contributed by atoms with Crippen LogP contribution in [-0.2, 0) is 11.2 Å². The van der Waals surface area contributed by atoms with Gasteiger partial charge in [0.05, 0.1) is 18.7 Å². The van der Waals surface area contributed by atoms with Gasteiger partial charge < -0.3 is 14.8 Å². The number of carbonyl (C=O) groups is 1. The molecule has 0 atom stereocenters. The van der Waals surface area contributed by atoms with E-state index in [0.717, 1.165) is 25.1 Å². The van der Waals surface area contributed by atoms with Crippen molar-refractivity contribution in [3.05, 3.63) is 53.1 Å². The summed E-state index contributed by atoms with van der Waals surface area (Å²) in [5, 5.41) is 2.70. The molecule has 0 unspecified atom stereocenters. The van der Waals surface area contributed by atoms with E-state index in [0.29, 0.717) is 5.69 Å². The van der Waals surface area contributed by atoms with Crippen LogP contribution in [0, 0.1) is 0 Å². The normalized spacial score (nSPS) is 11.0. The molecule has 0 heterocycles. The average Bonchev–Trinajstić information content (AvgIpc) is 2.64. The molecule has 28 heavy (non-hydrogen) atoms. The number of benzene rings is 2. The van der Waals surface area contributed by atoms with E-state index < -0.39 is 6.61 Å². The second-order valence-electron chi connectivity index (χ2n) is 6.26. The number of likely N-dealkylation sites (N-methyl/N-ethyl adjacent to an activating group) is 1. The van der Waals surface area contributed by atoms with Crippen LogP contribution >= 0.6 is 11.6 Å². The molecule has 8 heteroatoms. The Labute approximate surface area is 168 Å². The number of carbonyl (C=O) groups excluding carboxylic acids is 1. The quantitative estimate of drug-likeness (QED) is 0.626. The van der Waals surface area contributed by atoms with Crippen LogP contribution < -0.4 is 14.8 Å². The van der Waals surface area contributed by atoms with Gasteiger partial charge >= 0.3 is 6.61 Å². The van der Waals surface area contributed by atoms with Gasteiger partial charge in [-0.2, -0.15) is 8.78 Å². The average molecular weight is 413 g/mol. The molecule has 2 rings (SSSR count). The van der Waals surface area contributed by atoms with Gasteiger partial charge in [-0.3, -0.25) is 9.69 Å². The van der Waals surface area contributed by atoms with Crippen molar-refractivity contribution in [2.24, 2.45) is 0 Å². The SMILES string of the molecule is COc1ccc(CCCN(C)CC(=O)Nc2ccc(OC(F)F)c(Cl)c2)cc1. The van der Waals surface area contributed by atoms with Gasteiger partial charge in [0.2, 0.25) is 5.91 Å². The first-order valence-electron chi connectivity index (χ1n) is 8.73. The van der Waals surface area contributed by atoms with Crippen LogP contribution in [0.1, 0.15) is 12.0 Å². The highest BCUT2D eigenvalue weighted by atomic mass is 35.5. The number of amides is 1. The van der Waals surface area contributed by atoms with Gasteiger partial charge in [-0.15, -0.1) is 0 Å². The third-order valence-corrected chi connectivity index (χ3v) is 4.30. The van der Waals surface area contributed by atoms with E-state index in [2.05, 4.69) is 10.1 Å². The minimum atomic E-state index is -2.95. The Kier molecular flexibility index (Phi) is 8.47. The first-order valence-corrected chi connectivity index (χ1v) is 9.11. The van der Waals surface area contributed by atoms with Crippen molar-refractivity contribution in [3.63, 3.8) is 0 Å². The minimum absolute atomic E-state index is 0.00551. The summed E-state index contributed by atoms with van der Waals surface area (Å²) in [5.74, 6) is 0.474. The molecule has 0 aliphatic carbocycles. The molecule has 0 fully saturated rings. The van der Waals surface area contributed by atoms with Crippen LogP contribution in [0.25, 0.3) is 0 Å². The number of alkyl halides is 2. The van der Waals surface area contributed by atoms with Crippen LogP contribution in [-0.4, -0.2) is 44.7 Å². The van der Waals surface area contributed by atoms with Crippen molar-refractivity contribution >= 4 is 23.2 Å². The molecule has 0 aliphatic heterocycles. The Morgan fingerprint density at radius 1 is 1.21 bits per heavy atom. The van der Waals surface area contributed by atoms with E-state index in [4.69, 9.17) is 16.3 Å². The topological polar surface area (TPSA) is 50.8 Å². The number of anilines is 1. The zero-order chi connectivity index (χ0) is 20.5. The van der Waals surface area contributed by atoms with Gasteiger partial charge in [0, 0.05) is 5.69 Å². The molecular weight excluding hydrogens is 390 g/mol. The van der Waals surface area contributed by atoms with Crippen LogP contribution in [0.3, 0.4) is 0 Å². The fourth-order valence-electron chi connectivity index (χ4n) is 2.64. The van der Waals surface area contributed by atoms with Crippen LogP contribution in [0.5, 0.6) is 11.5 Å². The number of methoxy groups -OCH3 is 1. The summed E-state index contributed by atoms with van der Waals surface area (Å²) in [6, 6.07) is 12.0. The molecule has 0 aliphatic rings. The molecule has 152 valence electrons. The van der Waals surface area contributed by atoms with E-state index in [1.165, 1.54) is 23.8 Å². The number of nitrogens with zero attached hydrogens (tertiary/aromatic N) is 1. The maximum Gasteiger partial charge on any atom is 0.387 e. The molecule has 5 nitrogen and oxygen atoms in total. The number of halogens is 3. The number of rotatable bonds is 10. The Morgan fingerprint density at radius 2 is 1.93 bits per heavy atom. The second kappa shape index (κ2) is 10.8. The molecule has 2 aromatic carbocycles. The highest BCUT2D eigenvalue weighted by Gasteiger charge is 2.11. The lowest BCUT2D eigenvalue weighted by Gasteiger charge is -2.16. The molecule has 0 saturated carbocycles. The Bertz CT molecular complexity index is 773. The number of nitrogens with one attached hydrogen (secondary N) is 1. The van der Waals surface area contributed by atoms with Gasteiger partial charge in [-0.05, 0) is 62.3 Å². The molecule has 0 radical (unpaired) electrons. The van der Waals surface area contributed by atoms with Crippen molar-refractivity contribution in [3.8, 4) is 11.5 Å². The second-order valence-corrected chi connectivity index (χ2v) is 6.67. The van der Waals surface area contributed by atoms with E-state index in [-0.39, 0.29) is 23.2 Å². The van der Waals surface area contributed by atoms with Crippen molar-refractivity contribution in [2.45, 2.75) is 19.5 Å². The molecular formula is C20H23ClF2N2O3. The standard InChI is InChI=1S/C20H23ClF2N2O3/c1-25(11-3-4-14-5-8-16(27-2)9-6-14)13-19(26)24-15-7-10-18(17(21)12-15)28-20(22)23/h5-10,12,20H,3-4,11,13H2,1-2H3,(H,24,26). The van der Waals surface area contributed by atoms with Crippen LogP contribution in [0.15, 0.2) is 42.5 Å². The van der Waals surface area contributed by atoms with Crippen molar-refractivity contribution in [2.75, 3.05) is 32.6 Å². The number of hydrogen-bond acceptors (Lipinski definition) is 4. The fraction of sp³-hybridized carbons (Fsp3) is 0.350. The Hall–Kier alpha value is -2.38. The maximum atomic E-state index is 12.2. The third-order valence-electron chi connectivity index (χ3n) is 4.01. The smallest absolute Gasteiger partial charge is 0.387 e. The lowest BCUT2D eigenvalue weighted by molar-refractivity contribution is -0.117. The lowest BCUT2D eigenvalue weighted by Crippen LogP contribution is -2.31. The van der Waals surface area contributed by atoms with E-state index in [1.54, 1.807) is 7.11 Å². The summed E-state index contributed by atoms with van der Waals surface area (Å²) in [7, 11) is 3.49. The molecule has 0 bridgehead atoms. The summed E-state index contributed by atoms with van der Waals surface area (Å²) in [6.45, 7) is -2.00. The largest absolute Gasteiger partial charge is 0.497 e. The Balaban J connectivity index is 1.75. The van der Waals surface area contributed by atoms with Crippen LogP contribution in [0.2, 0.25) is 5.02 Å². The molecule has 0 aromatic heterocycles. The summed E-state index contributed by atoms with van der Waals surface area (Å²) >= 11 is 5.88. The zero-order valence-corrected chi connectivity index (χ0v) is 16.5. The lowest BCUT2D eigenvalue weighted by atomic mass is 10.1. The van der Waals surface area contributed by atoms with E-state index in [1.807, 2.05) is 36.2 Å². The first-order chi connectivity index (χ1) is 13.4. The van der Waals surface area contributed by atoms with Gasteiger partial charge in [0.15, 0.2) is 0 Å². The predicted octanol–water partition coefficient (Wildman–Crippen LogP) is 4.45. The number of hydrogen-bond donors (Lipinski definition) is 1. The summed E-state index contributed by atoms with van der Waals surface area (Å²) < 4.78 is 33.9. The third kappa shape index (κ3) is 7.32. The van der Waals surface area contributed by atoms with E-state index >= 15 is 0 Å². The summed E-state index contributed by atoms with van der Waals surface area (Å²) in [4.78, 5) is 14.1. The molecule has 0 saturated heterocycles. The maximum absolute atomic E-state index is 12.2. The molecule has 2 aromatic rings. The van der Waals surface area contributed by atoms with Gasteiger partial charge in [-0.1, -0.05) is 23.7 Å². The van der Waals surface area contributed by atoms with Crippen molar-refractivity contribution in [1.29, 1.82) is 0 Å². The van der Waals surface area contributed by atoms with Crippen molar-refractivity contribution in [1.82, 2.24) is 4.90 Å². The number of ether oxygens (including phenoxy) is 2. The number of aryl methyl sites for hydroxylation is 1. The highest BCUT2D eigenvalue weighted by molar-refractivity contribution is 6.32. The van der Waals surface area contributed by atoms with Gasteiger partial charge in [0.1, 0.15) is 11.5 Å². The summed E-state index contributed by atoms with van der Waals surface area (Å²) in [5.41, 5.74) is 1.63. The van der Waals surface area contributed by atoms with E-state index in [9.17, 15) is 13.6 Å². The van der Waals surface area contributed by atoms with Crippen LogP contribution in [0.4, 0.5) is 14.5 Å². The highest BCUT2D eigenvalue weighted by Crippen LogP contribution is 2.28. The van der Waals surface area contributed by atoms with Crippen molar-refractivity contribution < 1.29 is 23.0 Å². The summed E-state index contributed by atoms with van der Waals surface area (Å²) in [6.07, 6.45) is 1.80. The minimum Gasteiger partial charge on any atom is -0.497 e. The molecule has 0 spiro atoms. The first kappa shape index (κ1) is 21.9. The monoisotopic (exact) mass is 412 g/mol. The molecule has 1 N–H and O–H groups in total. The Morgan fingerprint density at radius 3 is 2.54 bits per heavy atom. The fourth-order valence-corrected chi connectivity index (χ4v) is 2.87. The zero-order valence-electron chi connectivity index (χ0n) is 15.8. The molecule has 1 amide bonds. The van der Waals surface area contributed by atoms with Gasteiger partial charge in [0.25, 0.3) is 0 Å². The predicted molar refractivity (Wildman–Crippen MR) is 106 cm³/mol. The van der Waals surface area contributed by atoms with Gasteiger partial charge in [-0.25, -0.2) is 0 Å².